The van der Waals surface area contributed by atoms with Gasteiger partial charge in [0.15, 0.2) is 6.10 Å². The van der Waals surface area contributed by atoms with Crippen LogP contribution in [0.15, 0.2) is 36.9 Å². The van der Waals surface area contributed by atoms with Gasteiger partial charge in [-0.2, -0.15) is 0 Å². The fraction of sp³-hybridized carbons (Fsp3) is 0.444. The van der Waals surface area contributed by atoms with Crippen LogP contribution in [-0.2, 0) is 27.2 Å². The van der Waals surface area contributed by atoms with Crippen molar-refractivity contribution in [3.05, 3.63) is 48.0 Å². The molecule has 1 aromatic rings. The van der Waals surface area contributed by atoms with E-state index in [0.29, 0.717) is 6.42 Å². The Bertz CT molecular complexity index is 581. The number of hydrogen-bond donors (Lipinski definition) is 2. The Kier molecular flexibility index (Phi) is 5.93. The van der Waals surface area contributed by atoms with Gasteiger partial charge in [0.2, 0.25) is 0 Å². The zero-order valence-corrected chi connectivity index (χ0v) is 13.0. The van der Waals surface area contributed by atoms with Crippen LogP contribution in [0.4, 0.5) is 0 Å². The minimum absolute atomic E-state index is 0.0221. The highest BCUT2D eigenvalue weighted by molar-refractivity contribution is 5.81. The van der Waals surface area contributed by atoms with E-state index < -0.39 is 24.0 Å². The maximum atomic E-state index is 11.6. The molecule has 5 nitrogen and oxygen atoms in total. The lowest BCUT2D eigenvalue weighted by atomic mass is 9.78. The molecule has 0 saturated carbocycles. The van der Waals surface area contributed by atoms with Gasteiger partial charge in [0.1, 0.15) is 0 Å². The summed E-state index contributed by atoms with van der Waals surface area (Å²) in [7, 11) is 0. The van der Waals surface area contributed by atoms with Crippen LogP contribution >= 0.6 is 0 Å². The van der Waals surface area contributed by atoms with Crippen molar-refractivity contribution in [2.75, 3.05) is 6.61 Å². The number of ether oxygens (including phenoxy) is 1. The summed E-state index contributed by atoms with van der Waals surface area (Å²) in [6.45, 7) is 3.49. The van der Waals surface area contributed by atoms with E-state index >= 15 is 0 Å². The monoisotopic (exact) mass is 318 g/mol. The van der Waals surface area contributed by atoms with Gasteiger partial charge in [-0.25, -0.2) is 4.79 Å². The highest BCUT2D eigenvalue weighted by Crippen LogP contribution is 2.31. The van der Waals surface area contributed by atoms with E-state index in [9.17, 15) is 19.8 Å². The number of carboxylic acid groups (broad SMARTS) is 2. The highest BCUT2D eigenvalue weighted by atomic mass is 16.5. The first-order valence-corrected chi connectivity index (χ1v) is 7.77. The number of carboxylic acids is 2. The quantitative estimate of drug-likeness (QED) is 0.720. The second kappa shape index (κ2) is 7.92. The molecule has 0 aromatic heterocycles. The molecule has 0 bridgehead atoms. The van der Waals surface area contributed by atoms with Crippen LogP contribution in [0.1, 0.15) is 24.0 Å². The first-order valence-electron chi connectivity index (χ1n) is 7.77. The summed E-state index contributed by atoms with van der Waals surface area (Å²) in [4.78, 5) is 22.9. The molecule has 0 spiro atoms. The second-order valence-electron chi connectivity index (χ2n) is 5.94. The van der Waals surface area contributed by atoms with Gasteiger partial charge in [-0.15, -0.1) is 6.58 Å². The molecular formula is C18H22O5. The summed E-state index contributed by atoms with van der Waals surface area (Å²) in [6.07, 6.45) is 2.94. The van der Waals surface area contributed by atoms with Gasteiger partial charge in [0.25, 0.3) is 0 Å². The number of rotatable bonds is 8. The van der Waals surface area contributed by atoms with Crippen molar-refractivity contribution < 1.29 is 24.5 Å². The van der Waals surface area contributed by atoms with Crippen LogP contribution in [0, 0.1) is 11.8 Å². The number of carbonyl (C=O) groups is 2. The van der Waals surface area contributed by atoms with Crippen molar-refractivity contribution in [2.45, 2.75) is 31.8 Å². The SMILES string of the molecule is C=CCO[C@H](C(=O)O)[C@@H](CC1CCc2ccccc2C1)C(=O)O. The maximum absolute atomic E-state index is 11.6. The van der Waals surface area contributed by atoms with Gasteiger partial charge >= 0.3 is 11.9 Å². The van der Waals surface area contributed by atoms with Crippen molar-refractivity contribution in [2.24, 2.45) is 11.8 Å². The van der Waals surface area contributed by atoms with E-state index in [1.807, 2.05) is 12.1 Å². The molecule has 0 fully saturated rings. The lowest BCUT2D eigenvalue weighted by Crippen LogP contribution is -2.39. The molecule has 0 saturated heterocycles. The molecule has 2 N–H and O–H groups in total. The Hall–Kier alpha value is -2.14. The summed E-state index contributed by atoms with van der Waals surface area (Å²) >= 11 is 0. The summed E-state index contributed by atoms with van der Waals surface area (Å²) in [5.74, 6) is -3.27. The van der Waals surface area contributed by atoms with Gasteiger partial charge in [0.05, 0.1) is 12.5 Å². The van der Waals surface area contributed by atoms with Crippen LogP contribution in [0.25, 0.3) is 0 Å². The fourth-order valence-electron chi connectivity index (χ4n) is 3.22. The largest absolute Gasteiger partial charge is 0.481 e. The molecule has 1 aliphatic carbocycles. The molecule has 3 atom stereocenters. The Morgan fingerprint density at radius 2 is 1.96 bits per heavy atom. The zero-order chi connectivity index (χ0) is 16.8. The zero-order valence-electron chi connectivity index (χ0n) is 13.0. The van der Waals surface area contributed by atoms with Gasteiger partial charge < -0.3 is 14.9 Å². The third-order valence-corrected chi connectivity index (χ3v) is 4.36. The van der Waals surface area contributed by atoms with Crippen LogP contribution in [-0.4, -0.2) is 34.9 Å². The van der Waals surface area contributed by atoms with Crippen molar-refractivity contribution in [3.8, 4) is 0 Å². The standard InChI is InChI=1S/C18H22O5/c1-2-9-23-16(18(21)22)15(17(19)20)11-12-7-8-13-5-3-4-6-14(13)10-12/h2-6,12,15-16H,1,7-11H2,(H,19,20)(H,21,22)/t12?,15-,16+/m1/s1. The van der Waals surface area contributed by atoms with E-state index in [4.69, 9.17) is 4.74 Å². The van der Waals surface area contributed by atoms with E-state index in [2.05, 4.69) is 18.7 Å². The fourth-order valence-corrected chi connectivity index (χ4v) is 3.22. The molecule has 5 heteroatoms. The van der Waals surface area contributed by atoms with Crippen LogP contribution in [0.3, 0.4) is 0 Å². The van der Waals surface area contributed by atoms with Gasteiger partial charge in [-0.1, -0.05) is 30.3 Å². The Morgan fingerprint density at radius 1 is 1.26 bits per heavy atom. The molecular weight excluding hydrogens is 296 g/mol. The number of aryl methyl sites for hydroxylation is 1. The normalized spacial score (nSPS) is 19.4. The lowest BCUT2D eigenvalue weighted by Gasteiger charge is -2.28. The average molecular weight is 318 g/mol. The van der Waals surface area contributed by atoms with Crippen LogP contribution in [0.2, 0.25) is 0 Å². The number of fused-ring (bicyclic) bond motifs is 1. The molecule has 1 unspecified atom stereocenters. The van der Waals surface area contributed by atoms with E-state index in [0.717, 1.165) is 19.3 Å². The number of aliphatic carboxylic acids is 2. The average Bonchev–Trinajstić information content (AvgIpc) is 2.53. The topological polar surface area (TPSA) is 83.8 Å². The first-order chi connectivity index (χ1) is 11.0. The van der Waals surface area contributed by atoms with E-state index in [-0.39, 0.29) is 12.5 Å². The number of hydrogen-bond acceptors (Lipinski definition) is 3. The van der Waals surface area contributed by atoms with E-state index in [1.165, 1.54) is 17.2 Å². The lowest BCUT2D eigenvalue weighted by molar-refractivity contribution is -0.164. The van der Waals surface area contributed by atoms with Crippen molar-refractivity contribution in [1.29, 1.82) is 0 Å². The minimum atomic E-state index is -1.34. The number of benzene rings is 1. The third kappa shape index (κ3) is 4.42. The molecule has 0 heterocycles. The molecule has 23 heavy (non-hydrogen) atoms. The minimum Gasteiger partial charge on any atom is -0.481 e. The molecule has 0 amide bonds. The highest BCUT2D eigenvalue weighted by Gasteiger charge is 2.37. The predicted octanol–water partition coefficient (Wildman–Crippen LogP) is 2.54. The molecule has 1 aliphatic rings. The summed E-state index contributed by atoms with van der Waals surface area (Å²) < 4.78 is 5.19. The van der Waals surface area contributed by atoms with Gasteiger partial charge in [0, 0.05) is 0 Å². The van der Waals surface area contributed by atoms with Crippen molar-refractivity contribution in [3.63, 3.8) is 0 Å². The summed E-state index contributed by atoms with van der Waals surface area (Å²) in [6, 6.07) is 8.12. The smallest absolute Gasteiger partial charge is 0.333 e. The Morgan fingerprint density at radius 3 is 2.57 bits per heavy atom. The Balaban J connectivity index is 2.09. The first kappa shape index (κ1) is 17.2. The van der Waals surface area contributed by atoms with Gasteiger partial charge in [-0.05, 0) is 42.7 Å². The molecule has 124 valence electrons. The molecule has 0 radical (unpaired) electrons. The summed E-state index contributed by atoms with van der Waals surface area (Å²) in [5, 5.41) is 18.7. The van der Waals surface area contributed by atoms with Gasteiger partial charge in [-0.3, -0.25) is 4.79 Å². The predicted molar refractivity (Wildman–Crippen MR) is 85.3 cm³/mol. The summed E-state index contributed by atoms with van der Waals surface area (Å²) in [5.41, 5.74) is 2.53. The molecule has 1 aromatic carbocycles. The van der Waals surface area contributed by atoms with Crippen molar-refractivity contribution >= 4 is 11.9 Å². The molecule has 2 rings (SSSR count). The third-order valence-electron chi connectivity index (χ3n) is 4.36. The van der Waals surface area contributed by atoms with Crippen LogP contribution < -0.4 is 0 Å². The Labute approximate surface area is 135 Å². The van der Waals surface area contributed by atoms with Crippen molar-refractivity contribution in [1.82, 2.24) is 0 Å². The molecule has 0 aliphatic heterocycles. The van der Waals surface area contributed by atoms with Crippen LogP contribution in [0.5, 0.6) is 0 Å². The van der Waals surface area contributed by atoms with E-state index in [1.54, 1.807) is 0 Å². The maximum Gasteiger partial charge on any atom is 0.333 e. The second-order valence-corrected chi connectivity index (χ2v) is 5.94.